The molecular formula is C4H11NaO4S. The van der Waals surface area contributed by atoms with Crippen LogP contribution in [0.3, 0.4) is 0 Å². The Balaban J connectivity index is -0.000000320. The molecule has 0 fully saturated rings. The van der Waals surface area contributed by atoms with Gasteiger partial charge in [-0.15, -0.1) is 0 Å². The second-order valence-corrected chi connectivity index (χ2v) is 3.20. The van der Waals surface area contributed by atoms with Crippen molar-refractivity contribution in [3.8, 4) is 0 Å². The molecule has 0 saturated heterocycles. The van der Waals surface area contributed by atoms with Crippen LogP contribution in [0.25, 0.3) is 0 Å². The Labute approximate surface area is 84.5 Å². The molecule has 1 N–H and O–H groups in total. The van der Waals surface area contributed by atoms with E-state index in [0.717, 1.165) is 0 Å². The first-order chi connectivity index (χ1) is 4.06. The van der Waals surface area contributed by atoms with E-state index in [1.807, 2.05) is 0 Å². The van der Waals surface area contributed by atoms with E-state index >= 15 is 0 Å². The zero-order chi connectivity index (χ0) is 7.33. The van der Waals surface area contributed by atoms with Crippen molar-refractivity contribution in [2.45, 2.75) is 6.42 Å². The summed E-state index contributed by atoms with van der Waals surface area (Å²) in [5, 5.41) is 0. The minimum atomic E-state index is -3.78. The maximum atomic E-state index is 10.0. The van der Waals surface area contributed by atoms with E-state index in [9.17, 15) is 8.42 Å². The van der Waals surface area contributed by atoms with E-state index in [4.69, 9.17) is 4.55 Å². The first-order valence-electron chi connectivity index (χ1n) is 2.50. The molecule has 0 heterocycles. The van der Waals surface area contributed by atoms with Crippen LogP contribution in [0.1, 0.15) is 7.85 Å². The van der Waals surface area contributed by atoms with Crippen LogP contribution in [0.15, 0.2) is 0 Å². The topological polar surface area (TPSA) is 63.6 Å². The van der Waals surface area contributed by atoms with Crippen molar-refractivity contribution >= 4 is 10.1 Å². The van der Waals surface area contributed by atoms with Crippen LogP contribution in [0, 0.1) is 0 Å². The van der Waals surface area contributed by atoms with Gasteiger partial charge in [0.1, 0.15) is 0 Å². The molecule has 0 aromatic heterocycles. The Morgan fingerprint density at radius 3 is 2.40 bits per heavy atom. The molecule has 0 aromatic carbocycles. The third kappa shape index (κ3) is 11.6. The fourth-order valence-electron chi connectivity index (χ4n) is 0.386. The molecule has 0 unspecified atom stereocenters. The monoisotopic (exact) mass is 178 g/mol. The number of hydrogen-bond acceptors (Lipinski definition) is 3. The van der Waals surface area contributed by atoms with Gasteiger partial charge in [-0.3, -0.25) is 4.55 Å². The summed E-state index contributed by atoms with van der Waals surface area (Å²) in [6.45, 7) is 0.361. The largest absolute Gasteiger partial charge is 1.00 e. The molecule has 0 aliphatic rings. The predicted octanol–water partition coefficient (Wildman–Crippen LogP) is -2.97. The fourth-order valence-corrected chi connectivity index (χ4v) is 0.868. The molecule has 4 nitrogen and oxygen atoms in total. The van der Waals surface area contributed by atoms with Gasteiger partial charge in [-0.1, -0.05) is 0 Å². The molecule has 0 atom stereocenters. The van der Waals surface area contributed by atoms with Crippen molar-refractivity contribution in [1.82, 2.24) is 0 Å². The maximum absolute atomic E-state index is 10.0. The number of methoxy groups -OCH3 is 1. The van der Waals surface area contributed by atoms with Crippen molar-refractivity contribution in [2.24, 2.45) is 0 Å². The molecule has 0 aliphatic heterocycles. The SMILES string of the molecule is COCCCS(=O)(=O)O.[H-].[Na+]. The van der Waals surface area contributed by atoms with E-state index in [-0.39, 0.29) is 36.7 Å². The van der Waals surface area contributed by atoms with Gasteiger partial charge in [0, 0.05) is 13.7 Å². The molecule has 0 rings (SSSR count). The van der Waals surface area contributed by atoms with Crippen LogP contribution in [-0.2, 0) is 14.9 Å². The Hall–Kier alpha value is 0.870. The molecule has 58 valence electrons. The summed E-state index contributed by atoms with van der Waals surface area (Å²) in [5.41, 5.74) is 0. The third-order valence-electron chi connectivity index (χ3n) is 0.751. The normalized spacial score (nSPS) is 10.6. The van der Waals surface area contributed by atoms with Crippen molar-refractivity contribution < 1.29 is 48.7 Å². The summed E-state index contributed by atoms with van der Waals surface area (Å²) in [4.78, 5) is 0. The van der Waals surface area contributed by atoms with Crippen LogP contribution < -0.4 is 29.6 Å². The second-order valence-electron chi connectivity index (χ2n) is 1.63. The molecule has 0 spiro atoms. The van der Waals surface area contributed by atoms with E-state index < -0.39 is 10.1 Å². The van der Waals surface area contributed by atoms with Gasteiger partial charge < -0.3 is 6.16 Å². The van der Waals surface area contributed by atoms with E-state index in [1.54, 1.807) is 0 Å². The van der Waals surface area contributed by atoms with Crippen LogP contribution in [-0.4, -0.2) is 32.4 Å². The van der Waals surface area contributed by atoms with Crippen molar-refractivity contribution in [3.63, 3.8) is 0 Å². The van der Waals surface area contributed by atoms with Gasteiger partial charge in [0.2, 0.25) is 0 Å². The predicted molar refractivity (Wildman–Crippen MR) is 34.0 cm³/mol. The van der Waals surface area contributed by atoms with Gasteiger partial charge in [-0.05, 0) is 6.42 Å². The standard InChI is InChI=1S/C4H10O4S.Na.H/c1-8-3-2-4-9(5,6)7;;/h2-4H2,1H3,(H,5,6,7);;/q;+1;-1. The quantitative estimate of drug-likeness (QED) is 0.283. The molecule has 0 aromatic rings. The Morgan fingerprint density at radius 2 is 2.10 bits per heavy atom. The summed E-state index contributed by atoms with van der Waals surface area (Å²) in [6, 6.07) is 0. The minimum Gasteiger partial charge on any atom is -1.00 e. The number of rotatable bonds is 4. The fraction of sp³-hybridized carbons (Fsp3) is 1.00. The van der Waals surface area contributed by atoms with Crippen LogP contribution >= 0.6 is 0 Å². The first-order valence-corrected chi connectivity index (χ1v) is 4.11. The van der Waals surface area contributed by atoms with E-state index in [1.165, 1.54) is 7.11 Å². The number of hydrogen-bond donors (Lipinski definition) is 1. The average Bonchev–Trinajstić information content (AvgIpc) is 1.63. The molecule has 6 heteroatoms. The zero-order valence-corrected chi connectivity index (χ0v) is 9.02. The summed E-state index contributed by atoms with van der Waals surface area (Å²) in [6.07, 6.45) is 0.343. The molecular weight excluding hydrogens is 167 g/mol. The maximum Gasteiger partial charge on any atom is 1.00 e. The van der Waals surface area contributed by atoms with Crippen LogP contribution in [0.4, 0.5) is 0 Å². The molecule has 0 amide bonds. The summed E-state index contributed by atoms with van der Waals surface area (Å²) in [7, 11) is -2.30. The smallest absolute Gasteiger partial charge is 1.00 e. The summed E-state index contributed by atoms with van der Waals surface area (Å²) < 4.78 is 32.7. The van der Waals surface area contributed by atoms with Crippen molar-refractivity contribution in [3.05, 3.63) is 0 Å². The van der Waals surface area contributed by atoms with Gasteiger partial charge in [0.05, 0.1) is 5.75 Å². The van der Waals surface area contributed by atoms with Gasteiger partial charge in [0.25, 0.3) is 10.1 Å². The van der Waals surface area contributed by atoms with Crippen LogP contribution in [0.5, 0.6) is 0 Å². The van der Waals surface area contributed by atoms with Crippen molar-refractivity contribution in [1.29, 1.82) is 0 Å². The Kier molecular flexibility index (Phi) is 8.85. The molecule has 0 radical (unpaired) electrons. The first kappa shape index (κ1) is 13.5. The third-order valence-corrected chi connectivity index (χ3v) is 1.56. The zero-order valence-electron chi connectivity index (χ0n) is 7.20. The van der Waals surface area contributed by atoms with Gasteiger partial charge in [0.15, 0.2) is 0 Å². The number of ether oxygens (including phenoxy) is 1. The average molecular weight is 178 g/mol. The molecule has 10 heavy (non-hydrogen) atoms. The van der Waals surface area contributed by atoms with E-state index in [2.05, 4.69) is 4.74 Å². The molecule has 0 saturated carbocycles. The summed E-state index contributed by atoms with van der Waals surface area (Å²) in [5.74, 6) is -0.221. The van der Waals surface area contributed by atoms with E-state index in [0.29, 0.717) is 13.0 Å². The summed E-state index contributed by atoms with van der Waals surface area (Å²) >= 11 is 0. The minimum absolute atomic E-state index is 0. The van der Waals surface area contributed by atoms with Gasteiger partial charge in [-0.25, -0.2) is 0 Å². The van der Waals surface area contributed by atoms with Gasteiger partial charge in [-0.2, -0.15) is 8.42 Å². The van der Waals surface area contributed by atoms with Gasteiger partial charge >= 0.3 is 29.6 Å². The van der Waals surface area contributed by atoms with Crippen molar-refractivity contribution in [2.75, 3.05) is 19.5 Å². The second kappa shape index (κ2) is 6.57. The Morgan fingerprint density at radius 1 is 1.60 bits per heavy atom. The molecule has 0 bridgehead atoms. The van der Waals surface area contributed by atoms with Crippen LogP contribution in [0.2, 0.25) is 0 Å². The molecule has 0 aliphatic carbocycles. The Bertz CT molecular complexity index is 157.